The van der Waals surface area contributed by atoms with Crippen molar-refractivity contribution in [1.82, 2.24) is 9.55 Å². The van der Waals surface area contributed by atoms with Crippen LogP contribution in [0.2, 0.25) is 0 Å². The third-order valence-electron chi connectivity index (χ3n) is 6.93. The van der Waals surface area contributed by atoms with E-state index in [2.05, 4.69) is 23.3 Å². The molecule has 0 spiro atoms. The first-order valence-corrected chi connectivity index (χ1v) is 12.9. The van der Waals surface area contributed by atoms with E-state index in [1.807, 2.05) is 71.6 Å². The summed E-state index contributed by atoms with van der Waals surface area (Å²) in [4.78, 5) is 19.8. The normalized spacial score (nSPS) is 15.3. The quantitative estimate of drug-likeness (QED) is 0.185. The predicted molar refractivity (Wildman–Crippen MR) is 148 cm³/mol. The molecule has 6 heteroatoms. The molecule has 0 saturated carbocycles. The van der Waals surface area contributed by atoms with E-state index in [1.54, 1.807) is 7.11 Å². The minimum atomic E-state index is 0.0454. The van der Waals surface area contributed by atoms with Gasteiger partial charge in [0, 0.05) is 31.1 Å². The number of para-hydroxylation sites is 3. The third-order valence-corrected chi connectivity index (χ3v) is 6.93. The van der Waals surface area contributed by atoms with Crippen molar-refractivity contribution in [2.75, 3.05) is 25.2 Å². The lowest BCUT2D eigenvalue weighted by atomic mass is 10.1. The summed E-state index contributed by atoms with van der Waals surface area (Å²) in [7, 11) is 1.64. The summed E-state index contributed by atoms with van der Waals surface area (Å²) in [6.07, 6.45) is 5.04. The molecule has 2 heterocycles. The molecular weight excluding hydrogens is 462 g/mol. The van der Waals surface area contributed by atoms with Gasteiger partial charge in [-0.15, -0.1) is 6.58 Å². The number of aryl methyl sites for hydroxylation is 1. The highest BCUT2D eigenvalue weighted by Crippen LogP contribution is 2.34. The number of aromatic nitrogens is 2. The Morgan fingerprint density at radius 1 is 1.03 bits per heavy atom. The van der Waals surface area contributed by atoms with Crippen molar-refractivity contribution in [2.45, 2.75) is 38.1 Å². The molecule has 4 aromatic rings. The van der Waals surface area contributed by atoms with E-state index >= 15 is 0 Å². The van der Waals surface area contributed by atoms with Crippen LogP contribution in [-0.4, -0.2) is 35.7 Å². The molecule has 1 amide bonds. The van der Waals surface area contributed by atoms with Crippen molar-refractivity contribution in [1.29, 1.82) is 0 Å². The molecule has 190 valence electrons. The fourth-order valence-electron chi connectivity index (χ4n) is 5.06. The molecule has 0 bridgehead atoms. The Bertz CT molecular complexity index is 1380. The van der Waals surface area contributed by atoms with Gasteiger partial charge in [-0.1, -0.05) is 36.4 Å². The van der Waals surface area contributed by atoms with Crippen LogP contribution in [0, 0.1) is 0 Å². The van der Waals surface area contributed by atoms with Gasteiger partial charge in [0.1, 0.15) is 17.3 Å². The molecule has 0 N–H and O–H groups in total. The van der Waals surface area contributed by atoms with Gasteiger partial charge in [-0.25, -0.2) is 4.98 Å². The minimum absolute atomic E-state index is 0.0454. The number of methoxy groups -OCH3 is 1. The molecule has 5 rings (SSSR count). The lowest BCUT2D eigenvalue weighted by molar-refractivity contribution is -0.117. The largest absolute Gasteiger partial charge is 0.497 e. The highest BCUT2D eigenvalue weighted by molar-refractivity contribution is 5.96. The molecule has 1 atom stereocenters. The summed E-state index contributed by atoms with van der Waals surface area (Å²) in [5.74, 6) is 2.87. The van der Waals surface area contributed by atoms with E-state index in [9.17, 15) is 4.79 Å². The molecule has 37 heavy (non-hydrogen) atoms. The summed E-state index contributed by atoms with van der Waals surface area (Å²) < 4.78 is 13.7. The van der Waals surface area contributed by atoms with E-state index in [-0.39, 0.29) is 11.8 Å². The van der Waals surface area contributed by atoms with Crippen LogP contribution in [0.25, 0.3) is 11.0 Å². The average molecular weight is 496 g/mol. The number of unbranched alkanes of at least 4 members (excludes halogenated alkanes) is 1. The number of anilines is 1. The van der Waals surface area contributed by atoms with Crippen molar-refractivity contribution >= 4 is 22.6 Å². The number of hydrogen-bond donors (Lipinski definition) is 0. The fourth-order valence-corrected chi connectivity index (χ4v) is 5.06. The molecule has 0 aliphatic carbocycles. The standard InChI is InChI=1S/C31H33N3O3/c1-3-10-23-11-4-7-14-29(23)37-20-9-8-19-33-28-13-6-5-12-27(28)32-31(33)24-21-30(35)34(22-24)25-15-17-26(36-2)18-16-25/h3-7,11-18,24H,1,8-10,19-22H2,2H3. The van der Waals surface area contributed by atoms with E-state index in [1.165, 1.54) is 0 Å². The van der Waals surface area contributed by atoms with E-state index in [0.29, 0.717) is 19.6 Å². The second-order valence-corrected chi connectivity index (χ2v) is 9.37. The number of benzene rings is 3. The van der Waals surface area contributed by atoms with Gasteiger partial charge < -0.3 is 18.9 Å². The van der Waals surface area contributed by atoms with Gasteiger partial charge in [-0.2, -0.15) is 0 Å². The minimum Gasteiger partial charge on any atom is -0.497 e. The number of nitrogens with zero attached hydrogens (tertiary/aromatic N) is 3. The molecule has 1 fully saturated rings. The van der Waals surface area contributed by atoms with Gasteiger partial charge >= 0.3 is 0 Å². The Hall–Kier alpha value is -4.06. The Morgan fingerprint density at radius 2 is 1.81 bits per heavy atom. The summed E-state index contributed by atoms with van der Waals surface area (Å²) in [6, 6.07) is 24.0. The van der Waals surface area contributed by atoms with Crippen molar-refractivity contribution in [3.8, 4) is 11.5 Å². The smallest absolute Gasteiger partial charge is 0.227 e. The Balaban J connectivity index is 1.27. The topological polar surface area (TPSA) is 56.6 Å². The van der Waals surface area contributed by atoms with Gasteiger partial charge in [-0.05, 0) is 67.3 Å². The van der Waals surface area contributed by atoms with E-state index in [0.717, 1.165) is 65.4 Å². The number of carbonyl (C=O) groups is 1. The van der Waals surface area contributed by atoms with Gasteiger partial charge in [0.25, 0.3) is 0 Å². The zero-order chi connectivity index (χ0) is 25.6. The second-order valence-electron chi connectivity index (χ2n) is 9.37. The lowest BCUT2D eigenvalue weighted by Gasteiger charge is -2.18. The van der Waals surface area contributed by atoms with Crippen molar-refractivity contribution < 1.29 is 14.3 Å². The highest BCUT2D eigenvalue weighted by atomic mass is 16.5. The molecule has 1 saturated heterocycles. The van der Waals surface area contributed by atoms with Gasteiger partial charge in [0.15, 0.2) is 0 Å². The number of ether oxygens (including phenoxy) is 2. The summed E-state index contributed by atoms with van der Waals surface area (Å²) in [5.41, 5.74) is 4.14. The molecule has 6 nitrogen and oxygen atoms in total. The Kier molecular flexibility index (Phi) is 7.54. The highest BCUT2D eigenvalue weighted by Gasteiger charge is 2.34. The molecule has 0 radical (unpaired) electrons. The summed E-state index contributed by atoms with van der Waals surface area (Å²) in [6.45, 7) is 5.95. The molecule has 1 aromatic heterocycles. The van der Waals surface area contributed by atoms with Crippen molar-refractivity contribution in [2.24, 2.45) is 0 Å². The van der Waals surface area contributed by atoms with Gasteiger partial charge in [-0.3, -0.25) is 4.79 Å². The Morgan fingerprint density at radius 3 is 2.62 bits per heavy atom. The molecule has 1 aliphatic rings. The third kappa shape index (κ3) is 5.38. The maximum Gasteiger partial charge on any atom is 0.227 e. The SMILES string of the molecule is C=CCc1ccccc1OCCCCn1c(C2CC(=O)N(c3ccc(OC)cc3)C2)nc2ccccc21. The molecule has 1 unspecified atom stereocenters. The zero-order valence-electron chi connectivity index (χ0n) is 21.3. The fraction of sp³-hybridized carbons (Fsp3) is 0.290. The summed E-state index contributed by atoms with van der Waals surface area (Å²) in [5, 5.41) is 0. The average Bonchev–Trinajstić information content (AvgIpc) is 3.50. The van der Waals surface area contributed by atoms with Crippen LogP contribution in [0.5, 0.6) is 11.5 Å². The maximum absolute atomic E-state index is 13.0. The maximum atomic E-state index is 13.0. The van der Waals surface area contributed by atoms with Crippen LogP contribution in [0.3, 0.4) is 0 Å². The van der Waals surface area contributed by atoms with Gasteiger partial charge in [0.2, 0.25) is 5.91 Å². The molecule has 3 aromatic carbocycles. The van der Waals surface area contributed by atoms with E-state index < -0.39 is 0 Å². The van der Waals surface area contributed by atoms with Crippen LogP contribution < -0.4 is 14.4 Å². The number of rotatable bonds is 11. The van der Waals surface area contributed by atoms with Crippen LogP contribution in [0.15, 0.2) is 85.5 Å². The van der Waals surface area contributed by atoms with Crippen LogP contribution in [0.1, 0.15) is 36.6 Å². The van der Waals surface area contributed by atoms with Gasteiger partial charge in [0.05, 0.1) is 24.8 Å². The van der Waals surface area contributed by atoms with E-state index in [4.69, 9.17) is 14.5 Å². The van der Waals surface area contributed by atoms with Crippen LogP contribution >= 0.6 is 0 Å². The summed E-state index contributed by atoms with van der Waals surface area (Å²) >= 11 is 0. The number of carbonyl (C=O) groups excluding carboxylic acids is 1. The zero-order valence-corrected chi connectivity index (χ0v) is 21.3. The van der Waals surface area contributed by atoms with Crippen LogP contribution in [-0.2, 0) is 17.8 Å². The monoisotopic (exact) mass is 495 g/mol. The first kappa shape index (κ1) is 24.6. The van der Waals surface area contributed by atoms with Crippen molar-refractivity contribution in [3.05, 3.63) is 96.8 Å². The Labute approximate surface area is 218 Å². The first-order chi connectivity index (χ1) is 18.2. The number of allylic oxidation sites excluding steroid dienone is 1. The second kappa shape index (κ2) is 11.3. The lowest BCUT2D eigenvalue weighted by Crippen LogP contribution is -2.24. The molecular formula is C31H33N3O3. The number of fused-ring (bicyclic) bond motifs is 1. The van der Waals surface area contributed by atoms with Crippen LogP contribution in [0.4, 0.5) is 5.69 Å². The number of imidazole rings is 1. The number of hydrogen-bond acceptors (Lipinski definition) is 4. The first-order valence-electron chi connectivity index (χ1n) is 12.9. The molecule has 1 aliphatic heterocycles. The van der Waals surface area contributed by atoms with Crippen molar-refractivity contribution in [3.63, 3.8) is 0 Å². The predicted octanol–water partition coefficient (Wildman–Crippen LogP) is 6.15. The number of amides is 1.